The monoisotopic (exact) mass is 374 g/mol. The van der Waals surface area contributed by atoms with Gasteiger partial charge < -0.3 is 0 Å². The van der Waals surface area contributed by atoms with Crippen LogP contribution in [-0.2, 0) is 17.1 Å². The lowest BCUT2D eigenvalue weighted by Crippen LogP contribution is -2.31. The van der Waals surface area contributed by atoms with E-state index >= 15 is 0 Å². The Kier molecular flexibility index (Phi) is 4.89. The molecule has 0 spiro atoms. The number of nitrogens with one attached hydrogen (secondary N) is 1. The predicted octanol–water partition coefficient (Wildman–Crippen LogP) is 1.03. The van der Waals surface area contributed by atoms with Gasteiger partial charge in [0.1, 0.15) is 0 Å². The van der Waals surface area contributed by atoms with Crippen molar-refractivity contribution in [3.05, 3.63) is 4.60 Å². The smallest absolute Gasteiger partial charge is 0.235 e. The molecule has 6 nitrogen and oxygen atoms in total. The standard InChI is InChI=1S/C7H12Br2N4O2S/c1-3-5(8)4-10-16(14,15)7-6(9)11-12-13(7)2/h5,10H,3-4H2,1-2H3. The number of nitrogens with zero attached hydrogens (tertiary/aromatic N) is 3. The molecule has 0 aliphatic heterocycles. The average Bonchev–Trinajstić information content (AvgIpc) is 2.55. The molecule has 9 heteroatoms. The largest absolute Gasteiger partial charge is 0.260 e. The molecule has 1 N–H and O–H groups in total. The molecule has 16 heavy (non-hydrogen) atoms. The van der Waals surface area contributed by atoms with Crippen LogP contribution in [0, 0.1) is 0 Å². The molecule has 1 aromatic heterocycles. The van der Waals surface area contributed by atoms with Gasteiger partial charge in [-0.15, -0.1) is 5.10 Å². The number of halogens is 2. The maximum atomic E-state index is 11.9. The number of aromatic nitrogens is 3. The van der Waals surface area contributed by atoms with Crippen LogP contribution in [0.15, 0.2) is 9.63 Å². The van der Waals surface area contributed by atoms with Gasteiger partial charge in [0.2, 0.25) is 5.03 Å². The van der Waals surface area contributed by atoms with E-state index < -0.39 is 10.0 Å². The van der Waals surface area contributed by atoms with Gasteiger partial charge in [-0.1, -0.05) is 28.1 Å². The molecule has 0 bridgehead atoms. The zero-order chi connectivity index (χ0) is 12.3. The number of hydrogen-bond acceptors (Lipinski definition) is 4. The fourth-order valence-electron chi connectivity index (χ4n) is 1.02. The zero-order valence-corrected chi connectivity index (χ0v) is 12.8. The fraction of sp³-hybridized carbons (Fsp3) is 0.714. The first-order chi connectivity index (χ1) is 7.38. The molecule has 0 radical (unpaired) electrons. The highest BCUT2D eigenvalue weighted by Gasteiger charge is 2.23. The van der Waals surface area contributed by atoms with Gasteiger partial charge in [-0.2, -0.15) is 0 Å². The van der Waals surface area contributed by atoms with Gasteiger partial charge in [-0.05, 0) is 22.4 Å². The lowest BCUT2D eigenvalue weighted by molar-refractivity contribution is 0.559. The summed E-state index contributed by atoms with van der Waals surface area (Å²) >= 11 is 6.40. The SMILES string of the molecule is CCC(Br)CNS(=O)(=O)c1c(Br)nnn1C. The van der Waals surface area contributed by atoms with Gasteiger partial charge in [0, 0.05) is 18.4 Å². The summed E-state index contributed by atoms with van der Waals surface area (Å²) in [6.45, 7) is 2.30. The minimum absolute atomic E-state index is 0.0308. The van der Waals surface area contributed by atoms with Crippen LogP contribution in [0.3, 0.4) is 0 Å². The third-order valence-corrected chi connectivity index (χ3v) is 5.21. The van der Waals surface area contributed by atoms with E-state index in [9.17, 15) is 8.42 Å². The maximum Gasteiger partial charge on any atom is 0.260 e. The maximum absolute atomic E-state index is 11.9. The molecule has 92 valence electrons. The number of sulfonamides is 1. The van der Waals surface area contributed by atoms with Gasteiger partial charge in [-0.25, -0.2) is 17.8 Å². The Bertz CT molecular complexity index is 439. The molecule has 1 aromatic rings. The van der Waals surface area contributed by atoms with Crippen molar-refractivity contribution in [2.24, 2.45) is 7.05 Å². The summed E-state index contributed by atoms with van der Waals surface area (Å²) in [7, 11) is -2.05. The van der Waals surface area contributed by atoms with Crippen LogP contribution in [0.1, 0.15) is 13.3 Å². The van der Waals surface area contributed by atoms with Crippen molar-refractivity contribution in [3.8, 4) is 0 Å². The Morgan fingerprint density at radius 3 is 2.62 bits per heavy atom. The Morgan fingerprint density at radius 1 is 1.56 bits per heavy atom. The van der Waals surface area contributed by atoms with Gasteiger partial charge in [0.25, 0.3) is 10.0 Å². The van der Waals surface area contributed by atoms with E-state index in [0.717, 1.165) is 6.42 Å². The van der Waals surface area contributed by atoms with Crippen LogP contribution in [0.2, 0.25) is 0 Å². The first-order valence-corrected chi connectivity index (χ1v) is 7.76. The Balaban J connectivity index is 2.87. The lowest BCUT2D eigenvalue weighted by Gasteiger charge is -2.09. The van der Waals surface area contributed by atoms with E-state index in [1.165, 1.54) is 11.7 Å². The van der Waals surface area contributed by atoms with E-state index in [1.807, 2.05) is 6.92 Å². The Labute approximate surface area is 111 Å². The molecule has 0 aromatic carbocycles. The summed E-state index contributed by atoms with van der Waals surface area (Å²) in [5, 5.41) is 7.28. The molecule has 0 saturated heterocycles. The van der Waals surface area contributed by atoms with Crippen LogP contribution in [-0.4, -0.2) is 34.8 Å². The summed E-state index contributed by atoms with van der Waals surface area (Å²) in [5.41, 5.74) is 0. The number of rotatable bonds is 5. The molecule has 1 atom stereocenters. The Morgan fingerprint density at radius 2 is 2.19 bits per heavy atom. The second kappa shape index (κ2) is 5.56. The van der Waals surface area contributed by atoms with Crippen LogP contribution in [0.5, 0.6) is 0 Å². The lowest BCUT2D eigenvalue weighted by atomic mass is 10.3. The molecule has 0 saturated carbocycles. The van der Waals surface area contributed by atoms with Crippen molar-refractivity contribution in [1.82, 2.24) is 19.7 Å². The molecular weight excluding hydrogens is 364 g/mol. The molecule has 0 aliphatic rings. The first kappa shape index (κ1) is 14.1. The van der Waals surface area contributed by atoms with Crippen LogP contribution in [0.25, 0.3) is 0 Å². The van der Waals surface area contributed by atoms with Crippen molar-refractivity contribution in [3.63, 3.8) is 0 Å². The van der Waals surface area contributed by atoms with Crippen molar-refractivity contribution >= 4 is 41.9 Å². The van der Waals surface area contributed by atoms with Gasteiger partial charge >= 0.3 is 0 Å². The van der Waals surface area contributed by atoms with Gasteiger partial charge in [-0.3, -0.25) is 0 Å². The van der Waals surface area contributed by atoms with Crippen LogP contribution >= 0.6 is 31.9 Å². The summed E-state index contributed by atoms with van der Waals surface area (Å²) in [6.07, 6.45) is 0.841. The van der Waals surface area contributed by atoms with E-state index in [1.54, 1.807) is 0 Å². The molecule has 1 heterocycles. The van der Waals surface area contributed by atoms with Gasteiger partial charge in [0.05, 0.1) is 0 Å². The molecule has 1 rings (SSSR count). The minimum Gasteiger partial charge on any atom is -0.235 e. The highest BCUT2D eigenvalue weighted by Crippen LogP contribution is 2.17. The fourth-order valence-corrected chi connectivity index (χ4v) is 3.57. The van der Waals surface area contributed by atoms with E-state index in [-0.39, 0.29) is 14.5 Å². The average molecular weight is 376 g/mol. The molecular formula is C7H12Br2N4O2S. The van der Waals surface area contributed by atoms with Crippen molar-refractivity contribution in [1.29, 1.82) is 0 Å². The van der Waals surface area contributed by atoms with Gasteiger partial charge in [0.15, 0.2) is 4.60 Å². The quantitative estimate of drug-likeness (QED) is 0.779. The summed E-state index contributed by atoms with van der Waals surface area (Å²) in [6, 6.07) is 0. The highest BCUT2D eigenvalue weighted by atomic mass is 79.9. The molecule has 0 amide bonds. The van der Waals surface area contributed by atoms with Crippen molar-refractivity contribution in [2.75, 3.05) is 6.54 Å². The number of aryl methyl sites for hydroxylation is 1. The predicted molar refractivity (Wildman–Crippen MR) is 66.9 cm³/mol. The highest BCUT2D eigenvalue weighted by molar-refractivity contribution is 9.10. The Hall–Kier alpha value is 0.0100. The van der Waals surface area contributed by atoms with E-state index in [2.05, 4.69) is 46.9 Å². The number of hydrogen-bond donors (Lipinski definition) is 1. The van der Waals surface area contributed by atoms with Crippen LogP contribution < -0.4 is 4.72 Å². The summed E-state index contributed by atoms with van der Waals surface area (Å²) in [4.78, 5) is 0.113. The normalized spacial score (nSPS) is 14.0. The van der Waals surface area contributed by atoms with E-state index in [0.29, 0.717) is 6.54 Å². The van der Waals surface area contributed by atoms with E-state index in [4.69, 9.17) is 0 Å². The third kappa shape index (κ3) is 3.25. The third-order valence-electron chi connectivity index (χ3n) is 1.93. The number of alkyl halides is 1. The molecule has 1 unspecified atom stereocenters. The van der Waals surface area contributed by atoms with Crippen LogP contribution in [0.4, 0.5) is 0 Å². The zero-order valence-electron chi connectivity index (χ0n) is 8.81. The summed E-state index contributed by atoms with van der Waals surface area (Å²) < 4.78 is 27.7. The van der Waals surface area contributed by atoms with Crippen molar-refractivity contribution < 1.29 is 8.42 Å². The molecule has 0 fully saturated rings. The first-order valence-electron chi connectivity index (χ1n) is 4.57. The molecule has 0 aliphatic carbocycles. The second-order valence-corrected chi connectivity index (χ2v) is 6.89. The minimum atomic E-state index is -3.57. The summed E-state index contributed by atoms with van der Waals surface area (Å²) in [5.74, 6) is 0. The van der Waals surface area contributed by atoms with Crippen molar-refractivity contribution in [2.45, 2.75) is 23.2 Å². The second-order valence-electron chi connectivity index (χ2n) is 3.17. The topological polar surface area (TPSA) is 76.9 Å².